The molecular formula is C9H14NO+. The van der Waals surface area contributed by atoms with Crippen LogP contribution in [0.25, 0.3) is 0 Å². The number of hydrogen-bond donors (Lipinski definition) is 1. The lowest BCUT2D eigenvalue weighted by molar-refractivity contribution is -0.910. The van der Waals surface area contributed by atoms with Gasteiger partial charge in [-0.3, -0.25) is 5.21 Å². The molecule has 0 saturated carbocycles. The fraction of sp³-hybridized carbons (Fsp3) is 0.444. The predicted octanol–water partition coefficient (Wildman–Crippen LogP) is 1.64. The second kappa shape index (κ2) is 2.91. The highest BCUT2D eigenvalue weighted by Gasteiger charge is 2.12. The van der Waals surface area contributed by atoms with Crippen molar-refractivity contribution in [1.82, 2.24) is 0 Å². The molecule has 0 atom stereocenters. The SMILES string of the molecule is Cc1ccc(C(C)C)[n+](O)c1. The van der Waals surface area contributed by atoms with Crippen molar-refractivity contribution in [2.75, 3.05) is 0 Å². The van der Waals surface area contributed by atoms with Gasteiger partial charge in [0.2, 0.25) is 11.9 Å². The minimum Gasteiger partial charge on any atom is -0.285 e. The van der Waals surface area contributed by atoms with Gasteiger partial charge in [0, 0.05) is 22.3 Å². The van der Waals surface area contributed by atoms with Crippen LogP contribution in [0.1, 0.15) is 31.0 Å². The lowest BCUT2D eigenvalue weighted by Gasteiger charge is -1.99. The van der Waals surface area contributed by atoms with Crippen molar-refractivity contribution < 1.29 is 9.94 Å². The Bertz CT molecular complexity index is 256. The van der Waals surface area contributed by atoms with Crippen LogP contribution >= 0.6 is 0 Å². The first kappa shape index (κ1) is 8.05. The number of nitrogens with zero attached hydrogens (tertiary/aromatic N) is 1. The molecule has 1 N–H and O–H groups in total. The number of aryl methyl sites for hydroxylation is 1. The Labute approximate surface area is 67.1 Å². The van der Waals surface area contributed by atoms with Gasteiger partial charge in [-0.1, -0.05) is 13.8 Å². The zero-order chi connectivity index (χ0) is 8.43. The maximum absolute atomic E-state index is 9.38. The van der Waals surface area contributed by atoms with E-state index in [0.717, 1.165) is 11.3 Å². The molecule has 0 aliphatic rings. The maximum Gasteiger partial charge on any atom is 0.236 e. The monoisotopic (exact) mass is 152 g/mol. The van der Waals surface area contributed by atoms with Gasteiger partial charge >= 0.3 is 0 Å². The zero-order valence-electron chi connectivity index (χ0n) is 7.20. The third-order valence-electron chi connectivity index (χ3n) is 1.70. The highest BCUT2D eigenvalue weighted by molar-refractivity contribution is 5.08. The number of pyridine rings is 1. The van der Waals surface area contributed by atoms with Gasteiger partial charge in [0.05, 0.1) is 0 Å². The number of hydrogen-bond acceptors (Lipinski definition) is 1. The summed E-state index contributed by atoms with van der Waals surface area (Å²) in [4.78, 5) is 0. The Morgan fingerprint density at radius 2 is 2.00 bits per heavy atom. The van der Waals surface area contributed by atoms with Crippen LogP contribution < -0.4 is 4.73 Å². The summed E-state index contributed by atoms with van der Waals surface area (Å²) in [5, 5.41) is 9.38. The molecule has 0 bridgehead atoms. The second-order valence-corrected chi connectivity index (χ2v) is 3.13. The van der Waals surface area contributed by atoms with Crippen molar-refractivity contribution >= 4 is 0 Å². The molecule has 0 radical (unpaired) electrons. The normalized spacial score (nSPS) is 10.5. The summed E-state index contributed by atoms with van der Waals surface area (Å²) in [7, 11) is 0. The first-order valence-corrected chi connectivity index (χ1v) is 3.82. The predicted molar refractivity (Wildman–Crippen MR) is 42.6 cm³/mol. The molecule has 1 aromatic heterocycles. The van der Waals surface area contributed by atoms with Gasteiger partial charge in [-0.05, 0) is 13.0 Å². The van der Waals surface area contributed by atoms with Crippen molar-refractivity contribution in [3.63, 3.8) is 0 Å². The van der Waals surface area contributed by atoms with Crippen molar-refractivity contribution in [3.8, 4) is 0 Å². The van der Waals surface area contributed by atoms with E-state index < -0.39 is 0 Å². The lowest BCUT2D eigenvalue weighted by atomic mass is 10.1. The molecule has 2 heteroatoms. The molecule has 11 heavy (non-hydrogen) atoms. The van der Waals surface area contributed by atoms with E-state index in [2.05, 4.69) is 13.8 Å². The molecule has 0 spiro atoms. The molecule has 1 aromatic rings. The van der Waals surface area contributed by atoms with Crippen LogP contribution in [0.4, 0.5) is 0 Å². The van der Waals surface area contributed by atoms with Crippen LogP contribution in [-0.4, -0.2) is 5.21 Å². The Kier molecular flexibility index (Phi) is 2.13. The van der Waals surface area contributed by atoms with Gasteiger partial charge < -0.3 is 0 Å². The van der Waals surface area contributed by atoms with Gasteiger partial charge in [0.25, 0.3) is 0 Å². The van der Waals surface area contributed by atoms with Gasteiger partial charge in [-0.15, -0.1) is 0 Å². The van der Waals surface area contributed by atoms with Crippen LogP contribution in [0.15, 0.2) is 18.3 Å². The third kappa shape index (κ3) is 1.70. The molecule has 0 aliphatic carbocycles. The van der Waals surface area contributed by atoms with Gasteiger partial charge in [0.1, 0.15) is 0 Å². The largest absolute Gasteiger partial charge is 0.285 e. The second-order valence-electron chi connectivity index (χ2n) is 3.13. The van der Waals surface area contributed by atoms with E-state index in [9.17, 15) is 5.21 Å². The quantitative estimate of drug-likeness (QED) is 0.480. The van der Waals surface area contributed by atoms with E-state index in [0.29, 0.717) is 5.92 Å². The van der Waals surface area contributed by atoms with Crippen molar-refractivity contribution in [2.45, 2.75) is 26.7 Å². The van der Waals surface area contributed by atoms with Gasteiger partial charge in [-0.2, -0.15) is 0 Å². The molecule has 2 nitrogen and oxygen atoms in total. The molecule has 0 saturated heterocycles. The Morgan fingerprint density at radius 3 is 2.45 bits per heavy atom. The smallest absolute Gasteiger partial charge is 0.236 e. The highest BCUT2D eigenvalue weighted by atomic mass is 16.5. The van der Waals surface area contributed by atoms with Crippen LogP contribution in [0.2, 0.25) is 0 Å². The first-order chi connectivity index (χ1) is 5.11. The molecule has 0 aliphatic heterocycles. The van der Waals surface area contributed by atoms with Crippen molar-refractivity contribution in [1.29, 1.82) is 0 Å². The maximum atomic E-state index is 9.38. The van der Waals surface area contributed by atoms with Crippen LogP contribution in [0.5, 0.6) is 0 Å². The van der Waals surface area contributed by atoms with E-state index in [1.165, 1.54) is 4.73 Å². The topological polar surface area (TPSA) is 24.1 Å². The number of aromatic nitrogens is 1. The average Bonchev–Trinajstić information content (AvgIpc) is 1.85. The summed E-state index contributed by atoms with van der Waals surface area (Å²) < 4.78 is 1.19. The summed E-state index contributed by atoms with van der Waals surface area (Å²) >= 11 is 0. The molecule has 0 unspecified atom stereocenters. The number of rotatable bonds is 1. The molecule has 0 aromatic carbocycles. The van der Waals surface area contributed by atoms with E-state index in [4.69, 9.17) is 0 Å². The molecule has 1 rings (SSSR count). The summed E-state index contributed by atoms with van der Waals surface area (Å²) in [5.41, 5.74) is 2.01. The molecule has 60 valence electrons. The minimum atomic E-state index is 0.362. The highest BCUT2D eigenvalue weighted by Crippen LogP contribution is 2.08. The first-order valence-electron chi connectivity index (χ1n) is 3.82. The molecular weight excluding hydrogens is 138 g/mol. The van der Waals surface area contributed by atoms with E-state index in [1.807, 2.05) is 19.1 Å². The molecule has 0 amide bonds. The minimum absolute atomic E-state index is 0.362. The van der Waals surface area contributed by atoms with Crippen LogP contribution in [-0.2, 0) is 0 Å². The van der Waals surface area contributed by atoms with Crippen LogP contribution in [0.3, 0.4) is 0 Å². The zero-order valence-corrected chi connectivity index (χ0v) is 7.20. The summed E-state index contributed by atoms with van der Waals surface area (Å²) in [6.07, 6.45) is 1.72. The third-order valence-corrected chi connectivity index (χ3v) is 1.70. The average molecular weight is 152 g/mol. The summed E-state index contributed by atoms with van der Waals surface area (Å²) in [6, 6.07) is 3.95. The van der Waals surface area contributed by atoms with E-state index >= 15 is 0 Å². The van der Waals surface area contributed by atoms with Crippen molar-refractivity contribution in [3.05, 3.63) is 29.6 Å². The van der Waals surface area contributed by atoms with E-state index in [1.54, 1.807) is 6.20 Å². The Hall–Kier alpha value is -1.05. The van der Waals surface area contributed by atoms with Gasteiger partial charge in [0.15, 0.2) is 0 Å². The fourth-order valence-electron chi connectivity index (χ4n) is 1.06. The molecule has 1 heterocycles. The fourth-order valence-corrected chi connectivity index (χ4v) is 1.06. The summed E-state index contributed by atoms with van der Waals surface area (Å²) in [5.74, 6) is 0.362. The van der Waals surface area contributed by atoms with Crippen LogP contribution in [0, 0.1) is 6.92 Å². The molecule has 0 fully saturated rings. The lowest BCUT2D eigenvalue weighted by Crippen LogP contribution is -2.35. The Balaban J connectivity index is 3.09. The van der Waals surface area contributed by atoms with E-state index in [-0.39, 0.29) is 0 Å². The van der Waals surface area contributed by atoms with Gasteiger partial charge in [-0.25, -0.2) is 0 Å². The standard InChI is InChI=1S/C9H14NO/c1-7(2)9-5-4-8(3)6-10(9)11/h4-7,11H,1-3H3/q+1. The summed E-state index contributed by atoms with van der Waals surface area (Å²) in [6.45, 7) is 6.06. The van der Waals surface area contributed by atoms with Crippen molar-refractivity contribution in [2.24, 2.45) is 0 Å². The Morgan fingerprint density at radius 1 is 1.36 bits per heavy atom.